The van der Waals surface area contributed by atoms with E-state index in [1.807, 2.05) is 23.1 Å². The van der Waals surface area contributed by atoms with Gasteiger partial charge in [0, 0.05) is 6.54 Å². The summed E-state index contributed by atoms with van der Waals surface area (Å²) in [4.78, 5) is 14.0. The Bertz CT molecular complexity index is 501. The van der Waals surface area contributed by atoms with Gasteiger partial charge in [-0.2, -0.15) is 0 Å². The molecule has 0 spiro atoms. The molecular weight excluding hydrogens is 244 g/mol. The number of nitrogens with two attached hydrogens (primary N) is 1. The minimum atomic E-state index is -0.449. The Morgan fingerprint density at radius 3 is 3.00 bits per heavy atom. The van der Waals surface area contributed by atoms with Crippen LogP contribution < -0.4 is 15.2 Å². The third-order valence-corrected chi connectivity index (χ3v) is 3.71. The van der Waals surface area contributed by atoms with Gasteiger partial charge in [0.1, 0.15) is 0 Å². The Morgan fingerprint density at radius 2 is 2.21 bits per heavy atom. The third-order valence-electron chi connectivity index (χ3n) is 3.71. The van der Waals surface area contributed by atoms with E-state index in [1.54, 1.807) is 6.92 Å². The molecule has 2 heterocycles. The molecule has 0 aromatic heterocycles. The largest absolute Gasteiger partial charge is 0.454 e. The van der Waals surface area contributed by atoms with Crippen LogP contribution in [0.15, 0.2) is 18.2 Å². The highest BCUT2D eigenvalue weighted by molar-refractivity contribution is 5.82. The lowest BCUT2D eigenvalue weighted by Gasteiger charge is -2.26. The number of fused-ring (bicyclic) bond motifs is 1. The lowest BCUT2D eigenvalue weighted by Crippen LogP contribution is -2.41. The minimum absolute atomic E-state index is 0.0140. The molecule has 2 atom stereocenters. The van der Waals surface area contributed by atoms with E-state index in [2.05, 4.69) is 0 Å². The van der Waals surface area contributed by atoms with Crippen LogP contribution in [-0.4, -0.2) is 30.2 Å². The van der Waals surface area contributed by atoms with Gasteiger partial charge in [-0.05, 0) is 37.5 Å². The van der Waals surface area contributed by atoms with Gasteiger partial charge in [-0.3, -0.25) is 4.79 Å². The van der Waals surface area contributed by atoms with Crippen molar-refractivity contribution in [2.45, 2.75) is 31.8 Å². The van der Waals surface area contributed by atoms with Crippen molar-refractivity contribution in [2.75, 3.05) is 13.3 Å². The summed E-state index contributed by atoms with van der Waals surface area (Å²) in [6.07, 6.45) is 1.98. The van der Waals surface area contributed by atoms with Crippen molar-refractivity contribution >= 4 is 5.91 Å². The fraction of sp³-hybridized carbons (Fsp3) is 0.500. The zero-order chi connectivity index (χ0) is 13.4. The average Bonchev–Trinajstić information content (AvgIpc) is 3.05. The number of benzene rings is 1. The lowest BCUT2D eigenvalue weighted by atomic mass is 10.0. The first-order valence-corrected chi connectivity index (χ1v) is 6.62. The number of amides is 1. The van der Waals surface area contributed by atoms with Crippen molar-refractivity contribution in [1.29, 1.82) is 0 Å². The normalized spacial score (nSPS) is 22.6. The van der Waals surface area contributed by atoms with Gasteiger partial charge in [-0.25, -0.2) is 0 Å². The standard InChI is InChI=1S/C14H18N2O3/c1-9(15)14(17)16-6-2-3-11(16)10-4-5-12-13(7-10)19-8-18-12/h4-5,7,9,11H,2-3,6,8,15H2,1H3/t9-,11?/m1/s1. The van der Waals surface area contributed by atoms with Gasteiger partial charge < -0.3 is 20.1 Å². The van der Waals surface area contributed by atoms with Crippen molar-refractivity contribution in [1.82, 2.24) is 4.90 Å². The van der Waals surface area contributed by atoms with Gasteiger partial charge in [-0.15, -0.1) is 0 Å². The van der Waals surface area contributed by atoms with E-state index in [4.69, 9.17) is 15.2 Å². The molecule has 0 aliphatic carbocycles. The number of hydrogen-bond donors (Lipinski definition) is 1. The Hall–Kier alpha value is -1.75. The Morgan fingerprint density at radius 1 is 1.42 bits per heavy atom. The fourth-order valence-corrected chi connectivity index (χ4v) is 2.76. The van der Waals surface area contributed by atoms with Gasteiger partial charge in [0.25, 0.3) is 0 Å². The number of ether oxygens (including phenoxy) is 2. The first-order valence-electron chi connectivity index (χ1n) is 6.62. The molecule has 102 valence electrons. The summed E-state index contributed by atoms with van der Waals surface area (Å²) in [5, 5.41) is 0. The van der Waals surface area contributed by atoms with Crippen LogP contribution in [0, 0.1) is 0 Å². The highest BCUT2D eigenvalue weighted by Gasteiger charge is 2.32. The summed E-state index contributed by atoms with van der Waals surface area (Å²) in [6.45, 7) is 2.78. The molecule has 1 saturated heterocycles. The van der Waals surface area contributed by atoms with E-state index < -0.39 is 6.04 Å². The van der Waals surface area contributed by atoms with Crippen LogP contribution in [0.1, 0.15) is 31.4 Å². The number of likely N-dealkylation sites (tertiary alicyclic amines) is 1. The number of carbonyl (C=O) groups is 1. The van der Waals surface area contributed by atoms with Crippen molar-refractivity contribution in [3.8, 4) is 11.5 Å². The maximum atomic E-state index is 12.1. The third kappa shape index (κ3) is 2.14. The van der Waals surface area contributed by atoms with Crippen molar-refractivity contribution in [3.63, 3.8) is 0 Å². The molecule has 2 N–H and O–H groups in total. The zero-order valence-electron chi connectivity index (χ0n) is 11.0. The van der Waals surface area contributed by atoms with Crippen LogP contribution in [0.4, 0.5) is 0 Å². The molecule has 5 nitrogen and oxygen atoms in total. The fourth-order valence-electron chi connectivity index (χ4n) is 2.76. The molecule has 3 rings (SSSR count). The molecule has 2 aliphatic rings. The van der Waals surface area contributed by atoms with Gasteiger partial charge in [0.05, 0.1) is 12.1 Å². The minimum Gasteiger partial charge on any atom is -0.454 e. The molecule has 0 radical (unpaired) electrons. The van der Waals surface area contributed by atoms with E-state index in [1.165, 1.54) is 0 Å². The molecule has 0 saturated carbocycles. The van der Waals surface area contributed by atoms with Gasteiger partial charge in [0.2, 0.25) is 12.7 Å². The van der Waals surface area contributed by atoms with Crippen molar-refractivity contribution in [3.05, 3.63) is 23.8 Å². The summed E-state index contributed by atoms with van der Waals surface area (Å²) in [5.74, 6) is 1.55. The summed E-state index contributed by atoms with van der Waals surface area (Å²) in [6, 6.07) is 5.54. The topological polar surface area (TPSA) is 64.8 Å². The first kappa shape index (κ1) is 12.3. The highest BCUT2D eigenvalue weighted by atomic mass is 16.7. The second kappa shape index (κ2) is 4.74. The van der Waals surface area contributed by atoms with Crippen LogP contribution in [0.5, 0.6) is 11.5 Å². The smallest absolute Gasteiger partial charge is 0.239 e. The zero-order valence-corrected chi connectivity index (χ0v) is 11.0. The predicted molar refractivity (Wildman–Crippen MR) is 69.9 cm³/mol. The summed E-state index contributed by atoms with van der Waals surface area (Å²) < 4.78 is 10.7. The maximum absolute atomic E-state index is 12.1. The molecule has 1 aromatic rings. The molecule has 1 unspecified atom stereocenters. The maximum Gasteiger partial charge on any atom is 0.239 e. The van der Waals surface area contributed by atoms with E-state index in [0.29, 0.717) is 0 Å². The SMILES string of the molecule is C[C@@H](N)C(=O)N1CCCC1c1ccc2c(c1)OCO2. The second-order valence-corrected chi connectivity index (χ2v) is 5.09. The monoisotopic (exact) mass is 262 g/mol. The molecule has 1 amide bonds. The van der Waals surface area contributed by atoms with E-state index in [-0.39, 0.29) is 18.7 Å². The van der Waals surface area contributed by atoms with Crippen LogP contribution in [-0.2, 0) is 4.79 Å². The van der Waals surface area contributed by atoms with E-state index in [0.717, 1.165) is 36.4 Å². The molecular formula is C14H18N2O3. The predicted octanol–water partition coefficient (Wildman–Crippen LogP) is 1.43. The highest BCUT2D eigenvalue weighted by Crippen LogP contribution is 2.38. The Kier molecular flexibility index (Phi) is 3.06. The molecule has 1 aromatic carbocycles. The number of hydrogen-bond acceptors (Lipinski definition) is 4. The summed E-state index contributed by atoms with van der Waals surface area (Å²) in [7, 11) is 0. The number of nitrogens with zero attached hydrogens (tertiary/aromatic N) is 1. The molecule has 0 bridgehead atoms. The second-order valence-electron chi connectivity index (χ2n) is 5.09. The molecule has 5 heteroatoms. The van der Waals surface area contributed by atoms with E-state index >= 15 is 0 Å². The lowest BCUT2D eigenvalue weighted by molar-refractivity contribution is -0.133. The van der Waals surface area contributed by atoms with Gasteiger partial charge in [0.15, 0.2) is 11.5 Å². The van der Waals surface area contributed by atoms with Crippen LogP contribution in [0.2, 0.25) is 0 Å². The molecule has 19 heavy (non-hydrogen) atoms. The van der Waals surface area contributed by atoms with Gasteiger partial charge in [-0.1, -0.05) is 6.07 Å². The quantitative estimate of drug-likeness (QED) is 0.875. The summed E-state index contributed by atoms with van der Waals surface area (Å²) in [5.41, 5.74) is 6.80. The Labute approximate surface area is 112 Å². The molecule has 1 fully saturated rings. The van der Waals surface area contributed by atoms with E-state index in [9.17, 15) is 4.79 Å². The van der Waals surface area contributed by atoms with Crippen LogP contribution in [0.25, 0.3) is 0 Å². The van der Waals surface area contributed by atoms with Crippen LogP contribution in [0.3, 0.4) is 0 Å². The van der Waals surface area contributed by atoms with Crippen LogP contribution >= 0.6 is 0 Å². The van der Waals surface area contributed by atoms with Gasteiger partial charge >= 0.3 is 0 Å². The van der Waals surface area contributed by atoms with Crippen molar-refractivity contribution in [2.24, 2.45) is 5.73 Å². The van der Waals surface area contributed by atoms with Crippen molar-refractivity contribution < 1.29 is 14.3 Å². The number of carbonyl (C=O) groups excluding carboxylic acids is 1. The first-order chi connectivity index (χ1) is 9.16. The summed E-state index contributed by atoms with van der Waals surface area (Å²) >= 11 is 0. The number of rotatable bonds is 2. The Balaban J connectivity index is 1.86. The molecule has 2 aliphatic heterocycles. The average molecular weight is 262 g/mol.